The van der Waals surface area contributed by atoms with E-state index in [4.69, 9.17) is 0 Å². The summed E-state index contributed by atoms with van der Waals surface area (Å²) in [6.07, 6.45) is 1.63. The van der Waals surface area contributed by atoms with Crippen LogP contribution in [0.25, 0.3) is 0 Å². The van der Waals surface area contributed by atoms with Crippen LogP contribution in [0.1, 0.15) is 45.7 Å². The van der Waals surface area contributed by atoms with Crippen LogP contribution < -0.4 is 5.32 Å². The van der Waals surface area contributed by atoms with Gasteiger partial charge in [0, 0.05) is 18.8 Å². The van der Waals surface area contributed by atoms with Crippen molar-refractivity contribution in [2.45, 2.75) is 51.2 Å². The Morgan fingerprint density at radius 1 is 1.19 bits per heavy atom. The van der Waals surface area contributed by atoms with E-state index in [-0.39, 0.29) is 17.6 Å². The number of nitrogens with one attached hydrogen (secondary N) is 1. The number of hydrogen-bond donors (Lipinski definition) is 2. The van der Waals surface area contributed by atoms with Crippen molar-refractivity contribution in [3.8, 4) is 0 Å². The second-order valence-corrected chi connectivity index (χ2v) is 8.68. The molecule has 0 amide bonds. The van der Waals surface area contributed by atoms with Crippen molar-refractivity contribution in [2.24, 2.45) is 5.41 Å². The molecule has 0 aliphatic heterocycles. The molecule has 2 N–H and O–H groups in total. The zero-order valence-electron chi connectivity index (χ0n) is 13.6. The minimum Gasteiger partial charge on any atom is -0.393 e. The highest BCUT2D eigenvalue weighted by atomic mass is 32.2. The van der Waals surface area contributed by atoms with Gasteiger partial charge in [-0.2, -0.15) is 0 Å². The highest BCUT2D eigenvalue weighted by Gasteiger charge is 2.21. The molecule has 0 aliphatic rings. The second-order valence-electron chi connectivity index (χ2n) is 6.66. The minimum atomic E-state index is -3.14. The van der Waals surface area contributed by atoms with Gasteiger partial charge in [0.15, 0.2) is 9.84 Å². The van der Waals surface area contributed by atoms with Gasteiger partial charge in [-0.1, -0.05) is 26.0 Å². The van der Waals surface area contributed by atoms with E-state index in [0.717, 1.165) is 18.5 Å². The summed E-state index contributed by atoms with van der Waals surface area (Å²) in [4.78, 5) is 0.341. The third-order valence-electron chi connectivity index (χ3n) is 3.54. The highest BCUT2D eigenvalue weighted by Crippen LogP contribution is 2.23. The molecule has 4 nitrogen and oxygen atoms in total. The second kappa shape index (κ2) is 6.90. The van der Waals surface area contributed by atoms with Crippen LogP contribution in [-0.4, -0.2) is 32.4 Å². The predicted octanol–water partition coefficient (Wildman–Crippen LogP) is 2.54. The summed E-state index contributed by atoms with van der Waals surface area (Å²) in [6.45, 7) is 8.87. The molecule has 1 aromatic rings. The SMILES string of the molecule is CC(O)CC(C)(C)CNC(C)c1ccc(S(C)(=O)=O)cc1. The van der Waals surface area contributed by atoms with Gasteiger partial charge in [-0.05, 0) is 43.4 Å². The molecule has 0 aromatic heterocycles. The maximum Gasteiger partial charge on any atom is 0.175 e. The van der Waals surface area contributed by atoms with Gasteiger partial charge in [-0.15, -0.1) is 0 Å². The lowest BCUT2D eigenvalue weighted by Gasteiger charge is -2.28. The predicted molar refractivity (Wildman–Crippen MR) is 86.0 cm³/mol. The van der Waals surface area contributed by atoms with Crippen molar-refractivity contribution in [3.05, 3.63) is 29.8 Å². The molecule has 0 radical (unpaired) electrons. The first-order valence-electron chi connectivity index (χ1n) is 7.23. The quantitative estimate of drug-likeness (QED) is 0.812. The number of sulfone groups is 1. The van der Waals surface area contributed by atoms with Gasteiger partial charge in [-0.3, -0.25) is 0 Å². The summed E-state index contributed by atoms with van der Waals surface area (Å²) < 4.78 is 22.9. The summed E-state index contributed by atoms with van der Waals surface area (Å²) in [6, 6.07) is 7.10. The molecule has 120 valence electrons. The third-order valence-corrected chi connectivity index (χ3v) is 4.67. The zero-order valence-corrected chi connectivity index (χ0v) is 14.4. The van der Waals surface area contributed by atoms with Gasteiger partial charge in [0.1, 0.15) is 0 Å². The van der Waals surface area contributed by atoms with Crippen LogP contribution in [0.2, 0.25) is 0 Å². The van der Waals surface area contributed by atoms with Gasteiger partial charge in [0.25, 0.3) is 0 Å². The molecule has 0 aliphatic carbocycles. The average Bonchev–Trinajstić information content (AvgIpc) is 2.33. The third kappa shape index (κ3) is 6.16. The van der Waals surface area contributed by atoms with Crippen molar-refractivity contribution in [3.63, 3.8) is 0 Å². The summed E-state index contributed by atoms with van der Waals surface area (Å²) in [5, 5.41) is 12.9. The van der Waals surface area contributed by atoms with Crippen LogP contribution in [0, 0.1) is 5.41 Å². The molecule has 0 saturated carbocycles. The van der Waals surface area contributed by atoms with Crippen LogP contribution in [-0.2, 0) is 9.84 Å². The molecule has 0 saturated heterocycles. The molecule has 5 heteroatoms. The summed E-state index contributed by atoms with van der Waals surface area (Å²) in [7, 11) is -3.14. The van der Waals surface area contributed by atoms with Gasteiger partial charge in [0.2, 0.25) is 0 Å². The number of rotatable bonds is 7. The fourth-order valence-electron chi connectivity index (χ4n) is 2.42. The largest absolute Gasteiger partial charge is 0.393 e. The molecule has 0 heterocycles. The summed E-state index contributed by atoms with van der Waals surface area (Å²) in [5.74, 6) is 0. The molecule has 2 atom stereocenters. The minimum absolute atomic E-state index is 0.00905. The van der Waals surface area contributed by atoms with Gasteiger partial charge in [0.05, 0.1) is 11.0 Å². The Bertz CT molecular complexity index is 547. The maximum absolute atomic E-state index is 11.4. The summed E-state index contributed by atoms with van der Waals surface area (Å²) >= 11 is 0. The van der Waals surface area contributed by atoms with E-state index in [1.165, 1.54) is 6.26 Å². The smallest absolute Gasteiger partial charge is 0.175 e. The van der Waals surface area contributed by atoms with Crippen molar-refractivity contribution >= 4 is 9.84 Å². The van der Waals surface area contributed by atoms with Crippen molar-refractivity contribution in [1.29, 1.82) is 0 Å². The average molecular weight is 313 g/mol. The Morgan fingerprint density at radius 2 is 1.71 bits per heavy atom. The number of hydrogen-bond acceptors (Lipinski definition) is 4. The van der Waals surface area contributed by atoms with E-state index in [9.17, 15) is 13.5 Å². The van der Waals surface area contributed by atoms with E-state index < -0.39 is 9.84 Å². The van der Waals surface area contributed by atoms with Crippen molar-refractivity contribution in [1.82, 2.24) is 5.32 Å². The Balaban J connectivity index is 2.66. The lowest BCUT2D eigenvalue weighted by Crippen LogP contribution is -2.33. The van der Waals surface area contributed by atoms with Crippen LogP contribution in [0.4, 0.5) is 0 Å². The van der Waals surface area contributed by atoms with Crippen LogP contribution >= 0.6 is 0 Å². The molecule has 1 aromatic carbocycles. The normalized spacial score (nSPS) is 15.7. The molecular weight excluding hydrogens is 286 g/mol. The lowest BCUT2D eigenvalue weighted by molar-refractivity contribution is 0.127. The molecule has 1 rings (SSSR count). The lowest BCUT2D eigenvalue weighted by atomic mass is 9.86. The number of benzene rings is 1. The highest BCUT2D eigenvalue weighted by molar-refractivity contribution is 7.90. The topological polar surface area (TPSA) is 66.4 Å². The number of aliphatic hydroxyl groups is 1. The van der Waals surface area contributed by atoms with E-state index in [2.05, 4.69) is 19.2 Å². The fourth-order valence-corrected chi connectivity index (χ4v) is 3.05. The van der Waals surface area contributed by atoms with Gasteiger partial charge >= 0.3 is 0 Å². The van der Waals surface area contributed by atoms with Gasteiger partial charge < -0.3 is 10.4 Å². The Hall–Kier alpha value is -0.910. The molecular formula is C16H27NO3S. The van der Waals surface area contributed by atoms with E-state index in [1.807, 2.05) is 19.1 Å². The molecule has 0 fully saturated rings. The molecule has 0 bridgehead atoms. The van der Waals surface area contributed by atoms with E-state index in [1.54, 1.807) is 19.1 Å². The molecule has 21 heavy (non-hydrogen) atoms. The van der Waals surface area contributed by atoms with Crippen LogP contribution in [0.5, 0.6) is 0 Å². The van der Waals surface area contributed by atoms with Crippen LogP contribution in [0.3, 0.4) is 0 Å². The first-order chi connectivity index (χ1) is 9.51. The zero-order chi connectivity index (χ0) is 16.3. The Morgan fingerprint density at radius 3 is 2.14 bits per heavy atom. The summed E-state index contributed by atoms with van der Waals surface area (Å²) in [5.41, 5.74) is 1.06. The number of aliphatic hydroxyl groups excluding tert-OH is 1. The molecule has 2 unspecified atom stereocenters. The van der Waals surface area contributed by atoms with Gasteiger partial charge in [-0.25, -0.2) is 8.42 Å². The van der Waals surface area contributed by atoms with Crippen molar-refractivity contribution in [2.75, 3.05) is 12.8 Å². The monoisotopic (exact) mass is 313 g/mol. The van der Waals surface area contributed by atoms with E-state index in [0.29, 0.717) is 4.90 Å². The molecule has 0 spiro atoms. The maximum atomic E-state index is 11.4. The van der Waals surface area contributed by atoms with E-state index >= 15 is 0 Å². The van der Waals surface area contributed by atoms with Crippen molar-refractivity contribution < 1.29 is 13.5 Å². The Labute approximate surface area is 128 Å². The first kappa shape index (κ1) is 18.1. The Kier molecular flexibility index (Phi) is 5.96. The standard InChI is InChI=1S/C16H27NO3S/c1-12(18)10-16(3,4)11-17-13(2)14-6-8-15(9-7-14)21(5,19)20/h6-9,12-13,17-18H,10-11H2,1-5H3. The first-order valence-corrected chi connectivity index (χ1v) is 9.12. The van der Waals surface area contributed by atoms with Crippen LogP contribution in [0.15, 0.2) is 29.2 Å². The fraction of sp³-hybridized carbons (Fsp3) is 0.625.